The summed E-state index contributed by atoms with van der Waals surface area (Å²) in [4.78, 5) is 0. The van der Waals surface area contributed by atoms with E-state index >= 15 is 0 Å². The molecule has 0 aromatic heterocycles. The van der Waals surface area contributed by atoms with Gasteiger partial charge in [0.1, 0.15) is 0 Å². The summed E-state index contributed by atoms with van der Waals surface area (Å²) >= 11 is 0. The van der Waals surface area contributed by atoms with Crippen molar-refractivity contribution in [2.24, 2.45) is 17.8 Å². The zero-order valence-electron chi connectivity index (χ0n) is 11.1. The lowest BCUT2D eigenvalue weighted by atomic mass is 9.81. The predicted octanol–water partition coefficient (Wildman–Crippen LogP) is 5.42. The van der Waals surface area contributed by atoms with Crippen molar-refractivity contribution < 1.29 is 0 Å². The Morgan fingerprint density at radius 2 is 1.53 bits per heavy atom. The average molecular weight is 210 g/mol. The van der Waals surface area contributed by atoms with Crippen LogP contribution in [0, 0.1) is 17.8 Å². The van der Waals surface area contributed by atoms with Gasteiger partial charge in [-0.1, -0.05) is 72.1 Å². The van der Waals surface area contributed by atoms with Crippen molar-refractivity contribution in [2.45, 2.75) is 78.6 Å². The van der Waals surface area contributed by atoms with Gasteiger partial charge in [0.2, 0.25) is 0 Å². The molecule has 0 N–H and O–H groups in total. The molecule has 0 nitrogen and oxygen atoms in total. The molecule has 0 radical (unpaired) electrons. The second-order valence-electron chi connectivity index (χ2n) is 5.94. The van der Waals surface area contributed by atoms with Crippen molar-refractivity contribution in [1.29, 1.82) is 0 Å². The lowest BCUT2D eigenvalue weighted by Gasteiger charge is -2.25. The van der Waals surface area contributed by atoms with E-state index in [2.05, 4.69) is 20.8 Å². The zero-order valence-corrected chi connectivity index (χ0v) is 11.1. The highest BCUT2D eigenvalue weighted by molar-refractivity contribution is 4.69. The highest BCUT2D eigenvalue weighted by Gasteiger charge is 2.16. The standard InChI is InChI=1S/C15H30/c1-4-13(2)10-11-14(3)12-15-8-6-5-7-9-15/h13-15H,4-12H2,1-3H3. The molecule has 0 aromatic rings. The molecule has 0 spiro atoms. The van der Waals surface area contributed by atoms with E-state index < -0.39 is 0 Å². The van der Waals surface area contributed by atoms with Crippen LogP contribution in [0.1, 0.15) is 78.6 Å². The van der Waals surface area contributed by atoms with E-state index in [0.717, 1.165) is 17.8 Å². The lowest BCUT2D eigenvalue weighted by molar-refractivity contribution is 0.279. The van der Waals surface area contributed by atoms with E-state index in [-0.39, 0.29) is 0 Å². The molecule has 0 bridgehead atoms. The molecular formula is C15H30. The van der Waals surface area contributed by atoms with Crippen molar-refractivity contribution in [1.82, 2.24) is 0 Å². The molecule has 0 amide bonds. The SMILES string of the molecule is CCC(C)CCC(C)CC1CCCCC1. The Labute approximate surface area is 96.8 Å². The summed E-state index contributed by atoms with van der Waals surface area (Å²) in [5, 5.41) is 0. The average Bonchev–Trinajstić information content (AvgIpc) is 2.27. The minimum absolute atomic E-state index is 0.943. The summed E-state index contributed by atoms with van der Waals surface area (Å²) in [6.45, 7) is 7.18. The van der Waals surface area contributed by atoms with Gasteiger partial charge in [-0.15, -0.1) is 0 Å². The Hall–Kier alpha value is 0. The molecule has 2 unspecified atom stereocenters. The van der Waals surface area contributed by atoms with E-state index in [4.69, 9.17) is 0 Å². The second kappa shape index (κ2) is 7.30. The second-order valence-corrected chi connectivity index (χ2v) is 5.94. The number of hydrogen-bond donors (Lipinski definition) is 0. The molecule has 0 saturated heterocycles. The Kier molecular flexibility index (Phi) is 6.36. The van der Waals surface area contributed by atoms with Crippen LogP contribution in [0.5, 0.6) is 0 Å². The van der Waals surface area contributed by atoms with Gasteiger partial charge in [0.15, 0.2) is 0 Å². The fourth-order valence-electron chi connectivity index (χ4n) is 2.88. The molecule has 1 aliphatic rings. The molecule has 2 atom stereocenters. The van der Waals surface area contributed by atoms with Gasteiger partial charge in [-0.3, -0.25) is 0 Å². The van der Waals surface area contributed by atoms with Crippen LogP contribution in [0.4, 0.5) is 0 Å². The molecule has 90 valence electrons. The van der Waals surface area contributed by atoms with Crippen molar-refractivity contribution in [2.75, 3.05) is 0 Å². The monoisotopic (exact) mass is 210 g/mol. The minimum atomic E-state index is 0.943. The maximum atomic E-state index is 2.47. The topological polar surface area (TPSA) is 0 Å². The molecule has 15 heavy (non-hydrogen) atoms. The molecule has 1 rings (SSSR count). The lowest BCUT2D eigenvalue weighted by Crippen LogP contribution is -2.11. The van der Waals surface area contributed by atoms with Gasteiger partial charge in [-0.2, -0.15) is 0 Å². The van der Waals surface area contributed by atoms with Crippen LogP contribution in [-0.2, 0) is 0 Å². The van der Waals surface area contributed by atoms with Gasteiger partial charge in [0.25, 0.3) is 0 Å². The van der Waals surface area contributed by atoms with Gasteiger partial charge < -0.3 is 0 Å². The third-order valence-corrected chi connectivity index (χ3v) is 4.31. The van der Waals surface area contributed by atoms with Gasteiger partial charge in [0, 0.05) is 0 Å². The van der Waals surface area contributed by atoms with E-state index in [9.17, 15) is 0 Å². The molecular weight excluding hydrogens is 180 g/mol. The van der Waals surface area contributed by atoms with Crippen LogP contribution in [0.2, 0.25) is 0 Å². The third-order valence-electron chi connectivity index (χ3n) is 4.31. The molecule has 0 aliphatic heterocycles. The van der Waals surface area contributed by atoms with Crippen molar-refractivity contribution in [3.05, 3.63) is 0 Å². The van der Waals surface area contributed by atoms with Crippen LogP contribution in [0.25, 0.3) is 0 Å². The Bertz CT molecular complexity index is 144. The van der Waals surface area contributed by atoms with E-state index in [0.29, 0.717) is 0 Å². The fourth-order valence-corrected chi connectivity index (χ4v) is 2.88. The number of rotatable bonds is 6. The van der Waals surface area contributed by atoms with E-state index in [1.54, 1.807) is 0 Å². The molecule has 1 aliphatic carbocycles. The third kappa shape index (κ3) is 5.58. The van der Waals surface area contributed by atoms with E-state index in [1.165, 1.54) is 57.8 Å². The maximum Gasteiger partial charge on any atom is -0.0412 e. The van der Waals surface area contributed by atoms with Crippen molar-refractivity contribution in [3.63, 3.8) is 0 Å². The van der Waals surface area contributed by atoms with Crippen LogP contribution in [0.3, 0.4) is 0 Å². The molecule has 0 aromatic carbocycles. The largest absolute Gasteiger partial charge is 0.0651 e. The Morgan fingerprint density at radius 1 is 0.933 bits per heavy atom. The van der Waals surface area contributed by atoms with Gasteiger partial charge in [0.05, 0.1) is 0 Å². The first-order chi connectivity index (χ1) is 7.22. The summed E-state index contributed by atoms with van der Waals surface area (Å²) in [6.07, 6.45) is 13.3. The first-order valence-electron chi connectivity index (χ1n) is 7.22. The summed E-state index contributed by atoms with van der Waals surface area (Å²) in [6, 6.07) is 0. The molecule has 1 fully saturated rings. The normalized spacial score (nSPS) is 22.6. The van der Waals surface area contributed by atoms with E-state index in [1.807, 2.05) is 0 Å². The molecule has 0 heterocycles. The Balaban J connectivity index is 2.08. The van der Waals surface area contributed by atoms with Crippen molar-refractivity contribution >= 4 is 0 Å². The predicted molar refractivity (Wildman–Crippen MR) is 69.0 cm³/mol. The maximum absolute atomic E-state index is 2.47. The fraction of sp³-hybridized carbons (Fsp3) is 1.00. The van der Waals surface area contributed by atoms with Crippen molar-refractivity contribution in [3.8, 4) is 0 Å². The smallest absolute Gasteiger partial charge is 0.0412 e. The van der Waals surface area contributed by atoms with Gasteiger partial charge in [-0.05, 0) is 24.2 Å². The zero-order chi connectivity index (χ0) is 11.1. The molecule has 0 heteroatoms. The Morgan fingerprint density at radius 3 is 2.13 bits per heavy atom. The highest BCUT2D eigenvalue weighted by Crippen LogP contribution is 2.30. The summed E-state index contributed by atoms with van der Waals surface area (Å²) in [5.74, 6) is 2.99. The first kappa shape index (κ1) is 13.1. The molecule has 1 saturated carbocycles. The highest BCUT2D eigenvalue weighted by atomic mass is 14.2. The number of hydrogen-bond acceptors (Lipinski definition) is 0. The quantitative estimate of drug-likeness (QED) is 0.549. The van der Waals surface area contributed by atoms with Gasteiger partial charge >= 0.3 is 0 Å². The van der Waals surface area contributed by atoms with Crippen LogP contribution >= 0.6 is 0 Å². The first-order valence-corrected chi connectivity index (χ1v) is 7.22. The van der Waals surface area contributed by atoms with Crippen LogP contribution < -0.4 is 0 Å². The minimum Gasteiger partial charge on any atom is -0.0651 e. The summed E-state index contributed by atoms with van der Waals surface area (Å²) < 4.78 is 0. The van der Waals surface area contributed by atoms with Crippen LogP contribution in [-0.4, -0.2) is 0 Å². The summed E-state index contributed by atoms with van der Waals surface area (Å²) in [7, 11) is 0. The van der Waals surface area contributed by atoms with Crippen LogP contribution in [0.15, 0.2) is 0 Å². The van der Waals surface area contributed by atoms with Gasteiger partial charge in [-0.25, -0.2) is 0 Å². The summed E-state index contributed by atoms with van der Waals surface area (Å²) in [5.41, 5.74) is 0.